The van der Waals surface area contributed by atoms with E-state index in [1.807, 2.05) is 42.5 Å². The minimum absolute atomic E-state index is 0.159. The van der Waals surface area contributed by atoms with Crippen LogP contribution in [-0.4, -0.2) is 49.2 Å². The van der Waals surface area contributed by atoms with Crippen molar-refractivity contribution < 1.29 is 18.3 Å². The molecule has 0 saturated carbocycles. The molecule has 1 fully saturated rings. The molecule has 1 amide bonds. The van der Waals surface area contributed by atoms with Crippen molar-refractivity contribution in [3.8, 4) is 0 Å². The number of amides is 1. The standard InChI is InChI=1S/C29H30FN5O3S/c1-37-19-23-17-27(35-13-11-34(12-14-35)26-10-3-2-9-25(26)30)33-29(32-23)39-20-21-6-4-7-22(16-21)28(36)31-18-24-8-5-15-38-24/h2-10,15-17H,11-14,18-20H2,1H3,(H,31,36). The predicted molar refractivity (Wildman–Crippen MR) is 149 cm³/mol. The minimum atomic E-state index is -0.201. The van der Waals surface area contributed by atoms with Gasteiger partial charge in [-0.2, -0.15) is 0 Å². The van der Waals surface area contributed by atoms with Gasteiger partial charge in [-0.05, 0) is 42.0 Å². The Hall–Kier alpha value is -3.89. The molecular weight excluding hydrogens is 517 g/mol. The number of rotatable bonds is 10. The zero-order valence-corrected chi connectivity index (χ0v) is 22.5. The number of furan rings is 1. The summed E-state index contributed by atoms with van der Waals surface area (Å²) in [6.45, 7) is 3.55. The number of nitrogens with zero attached hydrogens (tertiary/aromatic N) is 4. The summed E-state index contributed by atoms with van der Waals surface area (Å²) in [4.78, 5) is 26.4. The monoisotopic (exact) mass is 547 g/mol. The molecule has 0 bridgehead atoms. The summed E-state index contributed by atoms with van der Waals surface area (Å²) >= 11 is 1.51. The first-order valence-electron chi connectivity index (χ1n) is 12.7. The summed E-state index contributed by atoms with van der Waals surface area (Å²) in [5.41, 5.74) is 3.01. The van der Waals surface area contributed by atoms with Gasteiger partial charge in [0.2, 0.25) is 0 Å². The summed E-state index contributed by atoms with van der Waals surface area (Å²) in [7, 11) is 1.64. The molecule has 1 N–H and O–H groups in total. The summed E-state index contributed by atoms with van der Waals surface area (Å²) in [6.07, 6.45) is 1.58. The second kappa shape index (κ2) is 12.8. The van der Waals surface area contributed by atoms with Crippen LogP contribution in [0.5, 0.6) is 0 Å². The molecule has 1 aliphatic heterocycles. The van der Waals surface area contributed by atoms with E-state index in [4.69, 9.17) is 14.1 Å². The summed E-state index contributed by atoms with van der Waals surface area (Å²) < 4.78 is 24.9. The average Bonchev–Trinajstić information content (AvgIpc) is 3.49. The number of hydrogen-bond acceptors (Lipinski definition) is 8. The number of piperazine rings is 1. The maximum absolute atomic E-state index is 14.3. The number of halogens is 1. The molecule has 39 heavy (non-hydrogen) atoms. The van der Waals surface area contributed by atoms with Gasteiger partial charge in [-0.25, -0.2) is 14.4 Å². The van der Waals surface area contributed by atoms with Crippen molar-refractivity contribution in [3.05, 3.63) is 101 Å². The van der Waals surface area contributed by atoms with Gasteiger partial charge in [0.05, 0.1) is 30.8 Å². The van der Waals surface area contributed by atoms with Crippen molar-refractivity contribution in [2.24, 2.45) is 0 Å². The van der Waals surface area contributed by atoms with E-state index in [1.54, 1.807) is 31.6 Å². The fourth-order valence-electron chi connectivity index (χ4n) is 4.43. The van der Waals surface area contributed by atoms with Crippen molar-refractivity contribution in [2.45, 2.75) is 24.1 Å². The minimum Gasteiger partial charge on any atom is -0.467 e. The van der Waals surface area contributed by atoms with E-state index in [0.29, 0.717) is 54.2 Å². The van der Waals surface area contributed by atoms with E-state index >= 15 is 0 Å². The van der Waals surface area contributed by atoms with Crippen LogP contribution in [-0.2, 0) is 23.6 Å². The number of anilines is 2. The molecule has 0 atom stereocenters. The number of hydrogen-bond donors (Lipinski definition) is 1. The number of methoxy groups -OCH3 is 1. The summed E-state index contributed by atoms with van der Waals surface area (Å²) in [5.74, 6) is 1.78. The van der Waals surface area contributed by atoms with Gasteiger partial charge < -0.3 is 24.3 Å². The molecule has 1 aliphatic rings. The molecule has 4 aromatic rings. The number of para-hydroxylation sites is 1. The highest BCUT2D eigenvalue weighted by molar-refractivity contribution is 7.98. The van der Waals surface area contributed by atoms with Crippen LogP contribution in [0.25, 0.3) is 0 Å². The molecule has 8 nitrogen and oxygen atoms in total. The number of benzene rings is 2. The van der Waals surface area contributed by atoms with Crippen LogP contribution >= 0.6 is 11.8 Å². The Morgan fingerprint density at radius 3 is 2.62 bits per heavy atom. The van der Waals surface area contributed by atoms with E-state index < -0.39 is 0 Å². The van der Waals surface area contributed by atoms with Gasteiger partial charge in [0, 0.05) is 50.7 Å². The molecule has 202 valence electrons. The Morgan fingerprint density at radius 1 is 1.03 bits per heavy atom. The van der Waals surface area contributed by atoms with Gasteiger partial charge in [0.15, 0.2) is 5.16 Å². The number of nitrogens with one attached hydrogen (secondary N) is 1. The third kappa shape index (κ3) is 6.96. The molecule has 10 heteroatoms. The van der Waals surface area contributed by atoms with Crippen LogP contribution in [0.15, 0.2) is 82.6 Å². The van der Waals surface area contributed by atoms with Crippen LogP contribution in [0.2, 0.25) is 0 Å². The van der Waals surface area contributed by atoms with E-state index in [2.05, 4.69) is 20.1 Å². The second-order valence-electron chi connectivity index (χ2n) is 9.11. The summed E-state index contributed by atoms with van der Waals surface area (Å²) in [6, 6.07) is 20.0. The highest BCUT2D eigenvalue weighted by Crippen LogP contribution is 2.26. The third-order valence-electron chi connectivity index (χ3n) is 6.39. The van der Waals surface area contributed by atoms with E-state index in [-0.39, 0.29) is 11.7 Å². The number of aromatic nitrogens is 2. The lowest BCUT2D eigenvalue weighted by atomic mass is 10.1. The topological polar surface area (TPSA) is 83.7 Å². The van der Waals surface area contributed by atoms with Gasteiger partial charge >= 0.3 is 0 Å². The zero-order valence-electron chi connectivity index (χ0n) is 21.7. The Balaban J connectivity index is 1.23. The quantitative estimate of drug-likeness (QED) is 0.222. The molecule has 1 saturated heterocycles. The molecule has 0 aliphatic carbocycles. The predicted octanol–water partition coefficient (Wildman–Crippen LogP) is 4.90. The fourth-order valence-corrected chi connectivity index (χ4v) is 5.24. The molecule has 2 aromatic carbocycles. The van der Waals surface area contributed by atoms with E-state index in [0.717, 1.165) is 30.2 Å². The number of thioether (sulfide) groups is 1. The van der Waals surface area contributed by atoms with Crippen LogP contribution in [0.4, 0.5) is 15.9 Å². The van der Waals surface area contributed by atoms with Gasteiger partial charge in [0.1, 0.15) is 17.4 Å². The molecule has 2 aromatic heterocycles. The second-order valence-corrected chi connectivity index (χ2v) is 10.1. The maximum Gasteiger partial charge on any atom is 0.251 e. The largest absolute Gasteiger partial charge is 0.467 e. The van der Waals surface area contributed by atoms with Gasteiger partial charge in [-0.15, -0.1) is 0 Å². The van der Waals surface area contributed by atoms with Crippen LogP contribution in [0.1, 0.15) is 27.4 Å². The van der Waals surface area contributed by atoms with Crippen LogP contribution in [0, 0.1) is 5.82 Å². The van der Waals surface area contributed by atoms with Crippen LogP contribution in [0.3, 0.4) is 0 Å². The summed E-state index contributed by atoms with van der Waals surface area (Å²) in [5, 5.41) is 3.52. The lowest BCUT2D eigenvalue weighted by molar-refractivity contribution is 0.0948. The molecule has 0 unspecified atom stereocenters. The third-order valence-corrected chi connectivity index (χ3v) is 7.31. The SMILES string of the molecule is COCc1cc(N2CCN(c3ccccc3F)CC2)nc(SCc2cccc(C(=O)NCc3ccco3)c2)n1. The number of carbonyl (C=O) groups excluding carboxylic acids is 1. The normalized spacial score (nSPS) is 13.5. The lowest BCUT2D eigenvalue weighted by Gasteiger charge is -2.37. The van der Waals surface area contributed by atoms with Gasteiger partial charge in [0.25, 0.3) is 5.91 Å². The average molecular weight is 548 g/mol. The van der Waals surface area contributed by atoms with E-state index in [1.165, 1.54) is 17.8 Å². The molecular formula is C29H30FN5O3S. The first-order chi connectivity index (χ1) is 19.1. The fraction of sp³-hybridized carbons (Fsp3) is 0.276. The van der Waals surface area contributed by atoms with Crippen molar-refractivity contribution in [1.82, 2.24) is 15.3 Å². The van der Waals surface area contributed by atoms with Crippen molar-refractivity contribution in [1.29, 1.82) is 0 Å². The van der Waals surface area contributed by atoms with Crippen LogP contribution < -0.4 is 15.1 Å². The lowest BCUT2D eigenvalue weighted by Crippen LogP contribution is -2.47. The molecule has 3 heterocycles. The van der Waals surface area contributed by atoms with Crippen molar-refractivity contribution >= 4 is 29.2 Å². The highest BCUT2D eigenvalue weighted by Gasteiger charge is 2.21. The Labute approximate surface area is 231 Å². The Morgan fingerprint density at radius 2 is 1.85 bits per heavy atom. The van der Waals surface area contributed by atoms with Gasteiger partial charge in [-0.3, -0.25) is 4.79 Å². The number of ether oxygens (including phenoxy) is 1. The smallest absolute Gasteiger partial charge is 0.251 e. The van der Waals surface area contributed by atoms with Crippen molar-refractivity contribution in [2.75, 3.05) is 43.1 Å². The van der Waals surface area contributed by atoms with Crippen molar-refractivity contribution in [3.63, 3.8) is 0 Å². The highest BCUT2D eigenvalue weighted by atomic mass is 32.2. The van der Waals surface area contributed by atoms with Gasteiger partial charge in [-0.1, -0.05) is 36.0 Å². The zero-order chi connectivity index (χ0) is 27.0. The first kappa shape index (κ1) is 26.7. The molecule has 5 rings (SSSR count). The van der Waals surface area contributed by atoms with E-state index in [9.17, 15) is 9.18 Å². The number of carbonyl (C=O) groups is 1. The Kier molecular flexibility index (Phi) is 8.75. The molecule has 0 radical (unpaired) electrons. The maximum atomic E-state index is 14.3. The Bertz CT molecular complexity index is 1390. The first-order valence-corrected chi connectivity index (χ1v) is 13.7. The molecule has 0 spiro atoms.